The normalized spacial score (nSPS) is 43.0. The van der Waals surface area contributed by atoms with E-state index in [0.717, 1.165) is 0 Å². The smallest absolute Gasteiger partial charge is 0.303 e. The zero-order chi connectivity index (χ0) is 33.8. The minimum atomic E-state index is -1.63. The molecule has 0 aromatic heterocycles. The molecule has 13 heteroatoms. The maximum absolute atomic E-state index is 12.6. The highest BCUT2D eigenvalue weighted by molar-refractivity contribution is 5.68. The lowest BCUT2D eigenvalue weighted by Crippen LogP contribution is -2.63. The highest BCUT2D eigenvalue weighted by Gasteiger charge is 2.62. The van der Waals surface area contributed by atoms with Crippen molar-refractivity contribution in [1.29, 1.82) is 0 Å². The third-order valence-electron chi connectivity index (χ3n) is 10.5. The number of hydrogen-bond donors (Lipinski definition) is 5. The maximum Gasteiger partial charge on any atom is 0.303 e. The molecule has 1 saturated heterocycles. The highest BCUT2D eigenvalue weighted by Crippen LogP contribution is 2.60. The van der Waals surface area contributed by atoms with Crippen LogP contribution in [0, 0.1) is 22.7 Å². The van der Waals surface area contributed by atoms with Gasteiger partial charge >= 0.3 is 17.9 Å². The van der Waals surface area contributed by atoms with Crippen LogP contribution in [0.25, 0.3) is 0 Å². The summed E-state index contributed by atoms with van der Waals surface area (Å²) in [5.74, 6) is -2.82. The van der Waals surface area contributed by atoms with Crippen molar-refractivity contribution in [3.63, 3.8) is 0 Å². The number of esters is 3. The number of ether oxygens (including phenoxy) is 5. The fourth-order valence-electron chi connectivity index (χ4n) is 8.24. The van der Waals surface area contributed by atoms with E-state index in [9.17, 15) is 39.9 Å². The van der Waals surface area contributed by atoms with E-state index in [1.807, 2.05) is 20.8 Å². The van der Waals surface area contributed by atoms with Gasteiger partial charge in [0.25, 0.3) is 0 Å². The van der Waals surface area contributed by atoms with Gasteiger partial charge in [0.2, 0.25) is 0 Å². The van der Waals surface area contributed by atoms with E-state index in [1.165, 1.54) is 20.8 Å². The molecule has 5 N–H and O–H groups in total. The average molecular weight is 641 g/mol. The molecule has 0 radical (unpaired) electrons. The number of carbonyl (C=O) groups is 3. The van der Waals surface area contributed by atoms with Crippen LogP contribution in [0.2, 0.25) is 0 Å². The SMILES string of the molecule is C=C1[C@@H](O[C@@H]2O[C@H](CO)[C@@H](O)[C@H](O)[C@H]2O)CC[C@]2(C)[C@@H]1C[C@@H]1[C@@H](OC(C)=O)[C@H](O)C(C)=C([C@@H](OC(C)=O)[C@@H]2OC(C)=O)C1(C)C. The molecule has 2 saturated carbocycles. The molecule has 45 heavy (non-hydrogen) atoms. The van der Waals surface area contributed by atoms with Crippen molar-refractivity contribution >= 4 is 17.9 Å². The van der Waals surface area contributed by atoms with E-state index in [-0.39, 0.29) is 0 Å². The molecule has 13 atom stereocenters. The van der Waals surface area contributed by atoms with Gasteiger partial charge in [0.15, 0.2) is 12.4 Å². The van der Waals surface area contributed by atoms with Gasteiger partial charge in [-0.05, 0) is 54.2 Å². The van der Waals surface area contributed by atoms with Crippen molar-refractivity contribution in [3.8, 4) is 0 Å². The molecule has 3 aliphatic carbocycles. The van der Waals surface area contributed by atoms with Crippen LogP contribution < -0.4 is 0 Å². The Balaban J connectivity index is 1.84. The first-order chi connectivity index (χ1) is 20.9. The zero-order valence-corrected chi connectivity index (χ0v) is 27.0. The molecule has 254 valence electrons. The molecule has 0 spiro atoms. The molecule has 2 bridgehead atoms. The van der Waals surface area contributed by atoms with E-state index in [1.54, 1.807) is 6.92 Å². The second-order valence-electron chi connectivity index (χ2n) is 13.7. The van der Waals surface area contributed by atoms with Crippen molar-refractivity contribution in [2.24, 2.45) is 22.7 Å². The van der Waals surface area contributed by atoms with Crippen molar-refractivity contribution in [1.82, 2.24) is 0 Å². The molecule has 4 rings (SSSR count). The van der Waals surface area contributed by atoms with E-state index in [4.69, 9.17) is 23.7 Å². The summed E-state index contributed by atoms with van der Waals surface area (Å²) >= 11 is 0. The van der Waals surface area contributed by atoms with Gasteiger partial charge in [0.05, 0.1) is 12.7 Å². The number of fused-ring (bicyclic) bond motifs is 3. The Kier molecular flexibility index (Phi) is 10.3. The van der Waals surface area contributed by atoms with Crippen molar-refractivity contribution in [3.05, 3.63) is 23.3 Å². The lowest BCUT2D eigenvalue weighted by Gasteiger charge is -2.59. The monoisotopic (exact) mass is 640 g/mol. The third-order valence-corrected chi connectivity index (χ3v) is 10.5. The van der Waals surface area contributed by atoms with Crippen LogP contribution in [0.1, 0.15) is 67.7 Å². The molecule has 1 heterocycles. The Bertz CT molecular complexity index is 1210. The highest BCUT2D eigenvalue weighted by atomic mass is 16.7. The molecule has 0 unspecified atom stereocenters. The van der Waals surface area contributed by atoms with Crippen LogP contribution in [-0.2, 0) is 38.1 Å². The van der Waals surface area contributed by atoms with Crippen molar-refractivity contribution in [2.75, 3.05) is 6.61 Å². The average Bonchev–Trinajstić information content (AvgIpc) is 2.94. The van der Waals surface area contributed by atoms with Crippen LogP contribution in [0.4, 0.5) is 0 Å². The summed E-state index contributed by atoms with van der Waals surface area (Å²) in [6.07, 6.45) is -11.5. The molecule has 0 amide bonds. The van der Waals surface area contributed by atoms with Gasteiger partial charge in [-0.1, -0.05) is 27.4 Å². The minimum Gasteiger partial charge on any atom is -0.459 e. The van der Waals surface area contributed by atoms with Crippen LogP contribution in [0.3, 0.4) is 0 Å². The zero-order valence-electron chi connectivity index (χ0n) is 27.0. The van der Waals surface area contributed by atoms with Crippen LogP contribution >= 0.6 is 0 Å². The van der Waals surface area contributed by atoms with E-state index in [2.05, 4.69) is 6.58 Å². The van der Waals surface area contributed by atoms with Crippen LogP contribution in [0.5, 0.6) is 0 Å². The molecule has 3 fully saturated rings. The molecular weight excluding hydrogens is 592 g/mol. The first-order valence-corrected chi connectivity index (χ1v) is 15.4. The summed E-state index contributed by atoms with van der Waals surface area (Å²) in [6, 6.07) is 0. The Morgan fingerprint density at radius 1 is 0.933 bits per heavy atom. The van der Waals surface area contributed by atoms with Gasteiger partial charge in [-0.15, -0.1) is 0 Å². The van der Waals surface area contributed by atoms with Crippen LogP contribution in [-0.4, -0.2) is 111 Å². The maximum atomic E-state index is 12.6. The minimum absolute atomic E-state index is 0.299. The number of aliphatic hydroxyl groups is 5. The number of hydrogen-bond acceptors (Lipinski definition) is 13. The summed E-state index contributed by atoms with van der Waals surface area (Å²) < 4.78 is 29.5. The molecule has 0 aromatic rings. The summed E-state index contributed by atoms with van der Waals surface area (Å²) in [7, 11) is 0. The van der Waals surface area contributed by atoms with Gasteiger partial charge in [0.1, 0.15) is 42.7 Å². The van der Waals surface area contributed by atoms with Gasteiger partial charge in [0, 0.05) is 32.1 Å². The Morgan fingerprint density at radius 3 is 2.09 bits per heavy atom. The molecule has 1 aliphatic heterocycles. The predicted octanol–water partition coefficient (Wildman–Crippen LogP) is 0.676. The molecule has 13 nitrogen and oxygen atoms in total. The quantitative estimate of drug-likeness (QED) is 0.154. The third kappa shape index (κ3) is 6.32. The topological polar surface area (TPSA) is 199 Å². The lowest BCUT2D eigenvalue weighted by molar-refractivity contribution is -0.311. The lowest BCUT2D eigenvalue weighted by atomic mass is 9.50. The Hall–Kier alpha value is -2.39. The summed E-state index contributed by atoms with van der Waals surface area (Å²) in [5.41, 5.74) is -0.155. The number of rotatable bonds is 6. The van der Waals surface area contributed by atoms with Gasteiger partial charge in [-0.25, -0.2) is 0 Å². The summed E-state index contributed by atoms with van der Waals surface area (Å²) in [6.45, 7) is 15.0. The number of carbonyl (C=O) groups excluding carboxylic acids is 3. The van der Waals surface area contributed by atoms with Crippen LogP contribution in [0.15, 0.2) is 23.3 Å². The van der Waals surface area contributed by atoms with Crippen molar-refractivity contribution in [2.45, 2.75) is 129 Å². The van der Waals surface area contributed by atoms with Gasteiger partial charge in [-0.3, -0.25) is 14.4 Å². The van der Waals surface area contributed by atoms with E-state index in [0.29, 0.717) is 36.0 Å². The first-order valence-electron chi connectivity index (χ1n) is 15.4. The van der Waals surface area contributed by atoms with Gasteiger partial charge in [-0.2, -0.15) is 0 Å². The molecule has 4 aliphatic rings. The fourth-order valence-corrected chi connectivity index (χ4v) is 8.24. The van der Waals surface area contributed by atoms with E-state index >= 15 is 0 Å². The van der Waals surface area contributed by atoms with Crippen molar-refractivity contribution < 1.29 is 63.6 Å². The summed E-state index contributed by atoms with van der Waals surface area (Å²) in [4.78, 5) is 37.5. The second kappa shape index (κ2) is 13.0. The molecular formula is C32H48O13. The fraction of sp³-hybridized carbons (Fsp3) is 0.781. The largest absolute Gasteiger partial charge is 0.459 e. The number of aliphatic hydroxyl groups excluding tert-OH is 5. The van der Waals surface area contributed by atoms with E-state index < -0.39 is 108 Å². The Morgan fingerprint density at radius 2 is 1.53 bits per heavy atom. The first kappa shape index (κ1) is 35.5. The standard InChI is InChI=1S/C32H48O13/c1-13-18-11-19-27(41-15(3)34)23(37)14(2)22(31(19,6)7)28(42-16(4)35)29(43-17(5)36)32(18,8)10-9-20(13)44-30-26(40)25(39)24(38)21(12-33)45-30/h18-21,23-30,33,37-40H,1,9-12H2,2-8H3/t18-,19-,20+,21-,23-,24-,25+,26-,27-,28-,29+,30-,32-/m1/s1. The molecule has 0 aromatic carbocycles. The van der Waals surface area contributed by atoms with Gasteiger partial charge < -0.3 is 49.2 Å². The summed E-state index contributed by atoms with van der Waals surface area (Å²) in [5, 5.41) is 52.4. The predicted molar refractivity (Wildman–Crippen MR) is 156 cm³/mol. The Labute approximate surface area is 263 Å². The second-order valence-corrected chi connectivity index (χ2v) is 13.7.